The Labute approximate surface area is 362 Å². The van der Waals surface area contributed by atoms with Gasteiger partial charge in [-0.15, -0.1) is 0 Å². The number of rotatable bonds is 6. The fraction of sp³-hybridized carbons (Fsp3) is 0. The molecule has 270 valence electrons. The van der Waals surface area contributed by atoms with Gasteiger partial charge in [-0.3, -0.25) is 0 Å². The van der Waals surface area contributed by atoms with Crippen LogP contribution in [0.3, 0.4) is 0 Å². The maximum atomic E-state index is 9.04. The number of hydrogen-bond acceptors (Lipinski definition) is 2. The van der Waals surface area contributed by atoms with Gasteiger partial charge in [0.05, 0.1) is 60.5 Å². The summed E-state index contributed by atoms with van der Waals surface area (Å²) < 4.78 is 178. The molecule has 0 spiro atoms. The maximum Gasteiger partial charge on any atom is 0.0645 e. The molecule has 58 heavy (non-hydrogen) atoms. The first-order chi connectivity index (χ1) is 37.1. The summed E-state index contributed by atoms with van der Waals surface area (Å²) in [6.45, 7) is 0. The summed E-state index contributed by atoms with van der Waals surface area (Å²) in [5.41, 5.74) is 2.85. The van der Waals surface area contributed by atoms with Crippen molar-refractivity contribution in [2.45, 2.75) is 0 Å². The number of para-hydroxylation sites is 6. The zero-order valence-corrected chi connectivity index (χ0v) is 29.9. The van der Waals surface area contributed by atoms with Crippen LogP contribution in [0, 0.1) is 0 Å². The number of anilines is 6. The fourth-order valence-electron chi connectivity index (χ4n) is 8.86. The van der Waals surface area contributed by atoms with Gasteiger partial charge in [-0.25, -0.2) is 0 Å². The second kappa shape index (κ2) is 11.8. The molecule has 13 aromatic rings. The van der Waals surface area contributed by atoms with Crippen molar-refractivity contribution in [2.24, 2.45) is 0 Å². The Morgan fingerprint density at radius 3 is 0.948 bits per heavy atom. The first-order valence-electron chi connectivity index (χ1n) is 28.3. The third kappa shape index (κ3) is 4.29. The second-order valence-corrected chi connectivity index (χ2v) is 13.9. The molecule has 0 aliphatic rings. The van der Waals surface area contributed by atoms with Gasteiger partial charge in [0.15, 0.2) is 0 Å². The van der Waals surface area contributed by atoms with Gasteiger partial charge in [0.2, 0.25) is 0 Å². The maximum absolute atomic E-state index is 9.04. The van der Waals surface area contributed by atoms with Crippen molar-refractivity contribution in [1.29, 1.82) is 0 Å². The summed E-state index contributed by atoms with van der Waals surface area (Å²) in [5.74, 6) is 0. The average Bonchev–Trinajstić information content (AvgIpc) is 4.36. The van der Waals surface area contributed by atoms with Gasteiger partial charge in [0.1, 0.15) is 0 Å². The SMILES string of the molecule is [2H]c1c([2H])c([2H])c(N(c2ccc3c4cccc5c6cc7c(cc6n(c3c2)c45)c2cccc3c4ccc(N(c5c([2H])c([2H])c([2H])c([2H])c5[2H])c5c([2H])c([2H])c([2H])c([2H])c5[2H])cc4n7c32)c2c([2H])c([2H])c([2H])c([2H])c2[2H])c([2H])c1[2H]. The Bertz CT molecular complexity index is 4330. The van der Waals surface area contributed by atoms with Gasteiger partial charge < -0.3 is 18.6 Å². The second-order valence-electron chi connectivity index (χ2n) is 13.9. The van der Waals surface area contributed by atoms with Crippen LogP contribution in [-0.4, -0.2) is 8.80 Å². The molecule has 0 atom stereocenters. The van der Waals surface area contributed by atoms with Crippen molar-refractivity contribution in [3.05, 3.63) is 206 Å². The Morgan fingerprint density at radius 2 is 0.603 bits per heavy atom. The molecular weight excluding hydrogens is 705 g/mol. The van der Waals surface area contributed by atoms with Crippen molar-refractivity contribution < 1.29 is 27.4 Å². The van der Waals surface area contributed by atoms with E-state index in [0.29, 0.717) is 11.0 Å². The summed E-state index contributed by atoms with van der Waals surface area (Å²) in [5, 5.41) is 6.48. The highest BCUT2D eigenvalue weighted by Crippen LogP contribution is 2.47. The van der Waals surface area contributed by atoms with E-state index in [4.69, 9.17) is 27.4 Å². The van der Waals surface area contributed by atoms with Crippen LogP contribution in [0.5, 0.6) is 0 Å². The zero-order valence-electron chi connectivity index (χ0n) is 49.9. The normalized spacial score (nSPS) is 17.0. The largest absolute Gasteiger partial charge is 0.310 e. The highest BCUT2D eigenvalue weighted by molar-refractivity contribution is 6.29. The molecule has 0 saturated carbocycles. The molecule has 4 aromatic heterocycles. The van der Waals surface area contributed by atoms with Gasteiger partial charge in [-0.05, 0) is 84.7 Å². The standard InChI is InChI=1S/C54H34N4/c1-5-15-35(16-6-1)55(36-17-7-2-8-18-36)39-27-29-41-43-23-13-25-45-47-34-52-48(33-51(47)57(53(43)45)49(41)31-39)46-26-14-24-44-42-30-28-40(32-50(42)58(52)54(44)46)56(37-19-9-3-10-20-37)38-21-11-4-12-22-38/h1-34H/i1D,2D,3D,4D,5D,6D,7D,8D,9D,10D,11D,12D,15D,16D,17D,18D,19D,20D,21D,22D. The van der Waals surface area contributed by atoms with Crippen molar-refractivity contribution in [3.8, 4) is 0 Å². The number of benzene rings is 9. The number of hydrogen-bond donors (Lipinski definition) is 0. The Morgan fingerprint density at radius 1 is 0.293 bits per heavy atom. The van der Waals surface area contributed by atoms with E-state index in [1.165, 1.54) is 0 Å². The number of nitrogens with zero attached hydrogens (tertiary/aromatic N) is 4. The molecule has 4 heterocycles. The van der Waals surface area contributed by atoms with E-state index in [2.05, 4.69) is 0 Å². The fourth-order valence-corrected chi connectivity index (χ4v) is 8.86. The number of fused-ring (bicyclic) bond motifs is 12. The third-order valence-electron chi connectivity index (χ3n) is 11.1. The van der Waals surface area contributed by atoms with Crippen LogP contribution in [0.4, 0.5) is 34.1 Å². The molecule has 9 aromatic carbocycles. The minimum atomic E-state index is -0.686. The lowest BCUT2D eigenvalue weighted by Crippen LogP contribution is -2.09. The minimum absolute atomic E-state index is 0.138. The van der Waals surface area contributed by atoms with Crippen LogP contribution in [0.2, 0.25) is 0 Å². The molecule has 4 nitrogen and oxygen atoms in total. The van der Waals surface area contributed by atoms with E-state index in [9.17, 15) is 0 Å². The van der Waals surface area contributed by atoms with E-state index in [1.807, 2.05) is 57.3 Å². The van der Waals surface area contributed by atoms with Gasteiger partial charge in [-0.1, -0.05) is 121 Å². The van der Waals surface area contributed by atoms with E-state index in [0.717, 1.165) is 75.0 Å². The Kier molecular flexibility index (Phi) is 3.67. The molecule has 0 aliphatic heterocycles. The molecule has 0 radical (unpaired) electrons. The predicted octanol–water partition coefficient (Wildman–Crippen LogP) is 14.9. The smallest absolute Gasteiger partial charge is 0.0645 e. The van der Waals surface area contributed by atoms with Crippen molar-refractivity contribution in [1.82, 2.24) is 8.80 Å². The first-order valence-corrected chi connectivity index (χ1v) is 18.3. The molecule has 0 N–H and O–H groups in total. The van der Waals surface area contributed by atoms with Gasteiger partial charge in [0.25, 0.3) is 0 Å². The highest BCUT2D eigenvalue weighted by Gasteiger charge is 2.24. The molecule has 0 amide bonds. The Balaban J connectivity index is 1.10. The molecule has 0 unspecified atom stereocenters. The van der Waals surface area contributed by atoms with Crippen LogP contribution >= 0.6 is 0 Å². The van der Waals surface area contributed by atoms with Gasteiger partial charge >= 0.3 is 0 Å². The topological polar surface area (TPSA) is 15.3 Å². The van der Waals surface area contributed by atoms with Gasteiger partial charge in [0, 0.05) is 77.2 Å². The molecular formula is C54H34N4. The lowest BCUT2D eigenvalue weighted by molar-refractivity contribution is 1.28. The summed E-state index contributed by atoms with van der Waals surface area (Å²) in [7, 11) is 0. The van der Waals surface area contributed by atoms with Crippen molar-refractivity contribution in [3.63, 3.8) is 0 Å². The highest BCUT2D eigenvalue weighted by atomic mass is 15.1. The summed E-state index contributed by atoms with van der Waals surface area (Å²) in [6.07, 6.45) is 0. The summed E-state index contributed by atoms with van der Waals surface area (Å²) >= 11 is 0. The van der Waals surface area contributed by atoms with Crippen molar-refractivity contribution in [2.75, 3.05) is 9.80 Å². The molecule has 0 saturated heterocycles. The first kappa shape index (κ1) is 18.0. The zero-order chi connectivity index (χ0) is 55.3. The molecule has 0 fully saturated rings. The lowest BCUT2D eigenvalue weighted by atomic mass is 10.0. The van der Waals surface area contributed by atoms with Crippen molar-refractivity contribution >= 4 is 110 Å². The molecule has 0 bridgehead atoms. The Hall–Kier alpha value is -7.82. The van der Waals surface area contributed by atoms with Crippen LogP contribution in [-0.2, 0) is 0 Å². The summed E-state index contributed by atoms with van der Waals surface area (Å²) in [6, 6.07) is 12.6. The molecule has 4 heteroatoms. The molecule has 13 rings (SSSR count). The minimum Gasteiger partial charge on any atom is -0.310 e. The van der Waals surface area contributed by atoms with Crippen LogP contribution in [0.15, 0.2) is 206 Å². The monoisotopic (exact) mass is 758 g/mol. The molecule has 0 aliphatic carbocycles. The van der Waals surface area contributed by atoms with E-state index >= 15 is 0 Å². The van der Waals surface area contributed by atoms with Crippen LogP contribution in [0.25, 0.3) is 76.2 Å². The summed E-state index contributed by atoms with van der Waals surface area (Å²) in [4.78, 5) is 2.27. The average molecular weight is 759 g/mol. The number of aromatic nitrogens is 2. The predicted molar refractivity (Wildman–Crippen MR) is 245 cm³/mol. The van der Waals surface area contributed by atoms with Gasteiger partial charge in [-0.2, -0.15) is 0 Å². The van der Waals surface area contributed by atoms with E-state index < -0.39 is 144 Å². The van der Waals surface area contributed by atoms with Crippen LogP contribution in [0.1, 0.15) is 27.4 Å². The van der Waals surface area contributed by atoms with E-state index in [1.54, 1.807) is 36.4 Å². The lowest BCUT2D eigenvalue weighted by Gasteiger charge is -2.25. The van der Waals surface area contributed by atoms with Crippen LogP contribution < -0.4 is 9.80 Å². The van der Waals surface area contributed by atoms with E-state index in [-0.39, 0.29) is 11.4 Å². The third-order valence-corrected chi connectivity index (χ3v) is 11.1. The quantitative estimate of drug-likeness (QED) is 0.168.